The number of aryl methyl sites for hydroxylation is 1. The molecule has 0 aliphatic carbocycles. The number of benzene rings is 1. The third-order valence-electron chi connectivity index (χ3n) is 4.02. The van der Waals surface area contributed by atoms with Gasteiger partial charge in [0.2, 0.25) is 0 Å². The molecule has 0 fully saturated rings. The lowest BCUT2D eigenvalue weighted by Crippen LogP contribution is -2.18. The third kappa shape index (κ3) is 6.13. The fraction of sp³-hybridized carbons (Fsp3) is 0.524. The fourth-order valence-electron chi connectivity index (χ4n) is 2.35. The lowest BCUT2D eigenvalue weighted by atomic mass is 9.82. The molecule has 0 atom stereocenters. The van der Waals surface area contributed by atoms with Crippen LogP contribution in [0.2, 0.25) is 0 Å². The summed E-state index contributed by atoms with van der Waals surface area (Å²) in [4.78, 5) is 0. The van der Waals surface area contributed by atoms with Crippen molar-refractivity contribution >= 4 is 6.08 Å². The summed E-state index contributed by atoms with van der Waals surface area (Å²) in [6.07, 6.45) is 5.58. The van der Waals surface area contributed by atoms with Gasteiger partial charge in [0.15, 0.2) is 0 Å². The van der Waals surface area contributed by atoms with Crippen molar-refractivity contribution in [1.29, 1.82) is 0 Å². The van der Waals surface area contributed by atoms with Gasteiger partial charge in [-0.3, -0.25) is 0 Å². The van der Waals surface area contributed by atoms with E-state index in [2.05, 4.69) is 40.3 Å². The smallest absolute Gasteiger partial charge is 0.120 e. The first-order valence-corrected chi connectivity index (χ1v) is 8.33. The van der Waals surface area contributed by atoms with Crippen molar-refractivity contribution < 1.29 is 9.84 Å². The van der Waals surface area contributed by atoms with E-state index in [0.717, 1.165) is 29.5 Å². The Morgan fingerprint density at radius 3 is 2.30 bits per heavy atom. The Bertz CT molecular complexity index is 587. The van der Waals surface area contributed by atoms with Crippen LogP contribution in [0.5, 0.6) is 5.75 Å². The van der Waals surface area contributed by atoms with Gasteiger partial charge in [0.05, 0.1) is 0 Å². The lowest BCUT2D eigenvalue weighted by Gasteiger charge is -2.24. The summed E-state index contributed by atoms with van der Waals surface area (Å²) >= 11 is 0. The van der Waals surface area contributed by atoms with Crippen LogP contribution in [0.15, 0.2) is 30.5 Å². The van der Waals surface area contributed by atoms with Crippen LogP contribution in [0.3, 0.4) is 0 Å². The normalized spacial score (nSPS) is 13.1. The van der Waals surface area contributed by atoms with Crippen molar-refractivity contribution in [2.75, 3.05) is 0 Å². The quantitative estimate of drug-likeness (QED) is 0.513. The molecule has 0 heterocycles. The minimum atomic E-state index is -0.277. The molecule has 0 unspecified atom stereocenters. The van der Waals surface area contributed by atoms with E-state index in [9.17, 15) is 5.11 Å². The highest BCUT2D eigenvalue weighted by atomic mass is 16.5. The summed E-state index contributed by atoms with van der Waals surface area (Å²) < 4.78 is 5.88. The van der Waals surface area contributed by atoms with E-state index >= 15 is 0 Å². The molecule has 0 aromatic heterocycles. The van der Waals surface area contributed by atoms with Crippen molar-refractivity contribution in [3.63, 3.8) is 0 Å². The summed E-state index contributed by atoms with van der Waals surface area (Å²) in [5.41, 5.74) is 2.99. The van der Waals surface area contributed by atoms with E-state index < -0.39 is 0 Å². The standard InChI is InChI=1S/C21H32O2/c1-9-18(23-20(4,5)6)12-16-13-19(22)17(11-15(16)3)14-21(7,8)10-2/h9,11-13,22H,1,10,14H2,2-8H3/b18-12+. The fourth-order valence-corrected chi connectivity index (χ4v) is 2.35. The molecule has 0 amide bonds. The number of hydrogen-bond acceptors (Lipinski definition) is 2. The zero-order valence-electron chi connectivity index (χ0n) is 15.8. The van der Waals surface area contributed by atoms with Crippen LogP contribution >= 0.6 is 0 Å². The highest BCUT2D eigenvalue weighted by molar-refractivity contribution is 5.60. The van der Waals surface area contributed by atoms with Gasteiger partial charge in [-0.25, -0.2) is 0 Å². The van der Waals surface area contributed by atoms with Gasteiger partial charge in [-0.05, 0) is 74.4 Å². The molecule has 2 heteroatoms. The number of phenols is 1. The first-order chi connectivity index (χ1) is 10.5. The summed E-state index contributed by atoms with van der Waals surface area (Å²) in [5.74, 6) is 1.06. The Hall–Kier alpha value is -1.70. The predicted molar refractivity (Wildman–Crippen MR) is 99.6 cm³/mol. The van der Waals surface area contributed by atoms with E-state index in [1.807, 2.05) is 32.9 Å². The van der Waals surface area contributed by atoms with Gasteiger partial charge in [0.25, 0.3) is 0 Å². The SMILES string of the molecule is C=C/C(=C\c1cc(O)c(CC(C)(C)CC)cc1C)OC(C)(C)C. The Labute approximate surface area is 141 Å². The molecular weight excluding hydrogens is 284 g/mol. The molecule has 1 rings (SSSR count). The topological polar surface area (TPSA) is 29.5 Å². The van der Waals surface area contributed by atoms with Gasteiger partial charge in [0.1, 0.15) is 17.1 Å². The van der Waals surface area contributed by atoms with Crippen LogP contribution < -0.4 is 0 Å². The van der Waals surface area contributed by atoms with Crippen LogP contribution in [0.4, 0.5) is 0 Å². The molecule has 0 bridgehead atoms. The molecule has 0 saturated carbocycles. The molecule has 0 aliphatic rings. The van der Waals surface area contributed by atoms with Crippen molar-refractivity contribution in [3.8, 4) is 5.75 Å². The first-order valence-electron chi connectivity index (χ1n) is 8.33. The van der Waals surface area contributed by atoms with Gasteiger partial charge in [-0.1, -0.05) is 39.8 Å². The maximum absolute atomic E-state index is 10.4. The van der Waals surface area contributed by atoms with E-state index in [1.165, 1.54) is 0 Å². The van der Waals surface area contributed by atoms with Crippen LogP contribution in [0.25, 0.3) is 6.08 Å². The molecule has 0 aliphatic heterocycles. The summed E-state index contributed by atoms with van der Waals surface area (Å²) in [6, 6.07) is 3.91. The third-order valence-corrected chi connectivity index (χ3v) is 4.02. The minimum Gasteiger partial charge on any atom is -0.508 e. The average molecular weight is 316 g/mol. The van der Waals surface area contributed by atoms with Gasteiger partial charge in [-0.2, -0.15) is 0 Å². The second kappa shape index (κ2) is 7.25. The van der Waals surface area contributed by atoms with E-state index in [-0.39, 0.29) is 11.0 Å². The van der Waals surface area contributed by atoms with E-state index in [4.69, 9.17) is 4.74 Å². The Balaban J connectivity index is 3.16. The van der Waals surface area contributed by atoms with Gasteiger partial charge >= 0.3 is 0 Å². The number of hydrogen-bond donors (Lipinski definition) is 1. The largest absolute Gasteiger partial charge is 0.508 e. The van der Waals surface area contributed by atoms with Crippen LogP contribution in [0.1, 0.15) is 64.7 Å². The number of phenolic OH excluding ortho intramolecular Hbond substituents is 1. The minimum absolute atomic E-state index is 0.183. The number of allylic oxidation sites excluding steroid dienone is 1. The summed E-state index contributed by atoms with van der Waals surface area (Å²) in [6.45, 7) is 18.5. The molecule has 128 valence electrons. The Morgan fingerprint density at radius 1 is 1.22 bits per heavy atom. The molecule has 23 heavy (non-hydrogen) atoms. The van der Waals surface area contributed by atoms with Gasteiger partial charge in [0, 0.05) is 0 Å². The Kier molecular flexibility index (Phi) is 6.10. The summed E-state index contributed by atoms with van der Waals surface area (Å²) in [7, 11) is 0. The maximum Gasteiger partial charge on any atom is 0.120 e. The van der Waals surface area contributed by atoms with Gasteiger partial charge in [-0.15, -0.1) is 0 Å². The molecule has 0 saturated heterocycles. The van der Waals surface area contributed by atoms with Crippen LogP contribution in [-0.4, -0.2) is 10.7 Å². The van der Waals surface area contributed by atoms with Crippen molar-refractivity contribution in [2.24, 2.45) is 5.41 Å². The molecule has 1 aromatic rings. The highest BCUT2D eigenvalue weighted by Gasteiger charge is 2.19. The van der Waals surface area contributed by atoms with Crippen molar-refractivity contribution in [1.82, 2.24) is 0 Å². The molecule has 1 N–H and O–H groups in total. The molecular formula is C21H32O2. The van der Waals surface area contributed by atoms with Gasteiger partial charge < -0.3 is 9.84 Å². The van der Waals surface area contributed by atoms with Crippen molar-refractivity contribution in [2.45, 2.75) is 66.9 Å². The van der Waals surface area contributed by atoms with E-state index in [0.29, 0.717) is 11.5 Å². The predicted octanol–water partition coefficient (Wildman–Crippen LogP) is 6.02. The number of rotatable bonds is 6. The second-order valence-electron chi connectivity index (χ2n) is 8.00. The first kappa shape index (κ1) is 19.3. The zero-order valence-corrected chi connectivity index (χ0v) is 15.8. The maximum atomic E-state index is 10.4. The highest BCUT2D eigenvalue weighted by Crippen LogP contribution is 2.32. The lowest BCUT2D eigenvalue weighted by molar-refractivity contribution is 0.0619. The van der Waals surface area contributed by atoms with E-state index in [1.54, 1.807) is 6.08 Å². The second-order valence-corrected chi connectivity index (χ2v) is 8.00. The molecule has 0 radical (unpaired) electrons. The van der Waals surface area contributed by atoms with Crippen molar-refractivity contribution in [3.05, 3.63) is 47.2 Å². The van der Waals surface area contributed by atoms with Crippen LogP contribution in [-0.2, 0) is 11.2 Å². The number of ether oxygens (including phenoxy) is 1. The molecule has 2 nitrogen and oxygen atoms in total. The average Bonchev–Trinajstić information content (AvgIpc) is 2.41. The Morgan fingerprint density at radius 2 is 1.83 bits per heavy atom. The monoisotopic (exact) mass is 316 g/mol. The molecule has 1 aromatic carbocycles. The summed E-state index contributed by atoms with van der Waals surface area (Å²) in [5, 5.41) is 10.4. The number of aromatic hydroxyl groups is 1. The molecule has 0 spiro atoms. The zero-order chi connectivity index (χ0) is 17.8. The van der Waals surface area contributed by atoms with Crippen LogP contribution in [0, 0.1) is 12.3 Å².